The Labute approximate surface area is 179 Å². The smallest absolute Gasteiger partial charge is 0.0132 e. The van der Waals surface area contributed by atoms with Gasteiger partial charge >= 0.3 is 0 Å². The molecule has 0 heteroatoms. The van der Waals surface area contributed by atoms with E-state index in [4.69, 9.17) is 0 Å². The zero-order chi connectivity index (χ0) is 21.9. The topological polar surface area (TPSA) is 0 Å². The van der Waals surface area contributed by atoms with E-state index < -0.39 is 0 Å². The molecule has 0 aliphatic carbocycles. The maximum Gasteiger partial charge on any atom is -0.0132 e. The van der Waals surface area contributed by atoms with Gasteiger partial charge in [-0.2, -0.15) is 0 Å². The second kappa shape index (κ2) is 12.1. The van der Waals surface area contributed by atoms with Gasteiger partial charge in [-0.15, -0.1) is 0 Å². The number of rotatable bonds is 3. The summed E-state index contributed by atoms with van der Waals surface area (Å²) in [7, 11) is 0. The maximum absolute atomic E-state index is 3.77. The molecule has 154 valence electrons. The largest absolute Gasteiger partial charge is 0.0985 e. The SMILES string of the molecule is C=Cc1ccc(-c2ccccc2CC)cc1.CC.Cc1ccc(C(C)(C)C)cc1. The van der Waals surface area contributed by atoms with E-state index in [0.717, 1.165) is 12.0 Å². The van der Waals surface area contributed by atoms with Crippen molar-refractivity contribution in [2.45, 2.75) is 60.3 Å². The molecule has 0 unspecified atom stereocenters. The number of hydrogen-bond donors (Lipinski definition) is 0. The zero-order valence-electron chi connectivity index (χ0n) is 19.4. The lowest BCUT2D eigenvalue weighted by Crippen LogP contribution is -2.10. The second-order valence-corrected chi connectivity index (χ2v) is 7.95. The number of aryl methyl sites for hydroxylation is 2. The molecule has 0 bridgehead atoms. The van der Waals surface area contributed by atoms with Crippen molar-refractivity contribution in [1.82, 2.24) is 0 Å². The Kier molecular flexibility index (Phi) is 10.2. The van der Waals surface area contributed by atoms with Crippen molar-refractivity contribution in [3.8, 4) is 11.1 Å². The van der Waals surface area contributed by atoms with Gasteiger partial charge in [-0.05, 0) is 46.6 Å². The molecule has 0 saturated carbocycles. The van der Waals surface area contributed by atoms with Crippen LogP contribution >= 0.6 is 0 Å². The first-order valence-corrected chi connectivity index (χ1v) is 10.7. The fourth-order valence-corrected chi connectivity index (χ4v) is 2.96. The monoisotopic (exact) mass is 386 g/mol. The summed E-state index contributed by atoms with van der Waals surface area (Å²) in [5.41, 5.74) is 8.20. The predicted molar refractivity (Wildman–Crippen MR) is 133 cm³/mol. The summed E-state index contributed by atoms with van der Waals surface area (Å²) in [5, 5.41) is 0. The van der Waals surface area contributed by atoms with Gasteiger partial charge in [0.25, 0.3) is 0 Å². The summed E-state index contributed by atoms with van der Waals surface area (Å²) < 4.78 is 0. The van der Waals surface area contributed by atoms with Crippen molar-refractivity contribution in [2.75, 3.05) is 0 Å². The van der Waals surface area contributed by atoms with Gasteiger partial charge in [-0.25, -0.2) is 0 Å². The summed E-state index contributed by atoms with van der Waals surface area (Å²) in [6, 6.07) is 25.8. The van der Waals surface area contributed by atoms with Crippen molar-refractivity contribution in [3.63, 3.8) is 0 Å². The molecule has 0 aromatic heterocycles. The highest BCUT2D eigenvalue weighted by Gasteiger charge is 2.11. The first-order chi connectivity index (χ1) is 13.8. The molecule has 29 heavy (non-hydrogen) atoms. The van der Waals surface area contributed by atoms with Crippen molar-refractivity contribution in [2.24, 2.45) is 0 Å². The Hall–Kier alpha value is -2.60. The third kappa shape index (κ3) is 7.74. The Bertz CT molecular complexity index is 844. The average Bonchev–Trinajstić information content (AvgIpc) is 2.75. The van der Waals surface area contributed by atoms with Crippen LogP contribution in [0.25, 0.3) is 17.2 Å². The molecule has 0 radical (unpaired) electrons. The Morgan fingerprint density at radius 2 is 1.34 bits per heavy atom. The molecule has 0 nitrogen and oxygen atoms in total. The van der Waals surface area contributed by atoms with Gasteiger partial charge in [0.15, 0.2) is 0 Å². The zero-order valence-corrected chi connectivity index (χ0v) is 19.4. The highest BCUT2D eigenvalue weighted by Crippen LogP contribution is 2.24. The van der Waals surface area contributed by atoms with E-state index in [9.17, 15) is 0 Å². The van der Waals surface area contributed by atoms with Crippen molar-refractivity contribution < 1.29 is 0 Å². The van der Waals surface area contributed by atoms with Crippen LogP contribution in [-0.2, 0) is 11.8 Å². The van der Waals surface area contributed by atoms with Gasteiger partial charge in [-0.1, -0.05) is 133 Å². The van der Waals surface area contributed by atoms with Crippen LogP contribution in [0.4, 0.5) is 0 Å². The standard InChI is InChI=1S/C16H16.C11H16.C2H6/c1-3-13-9-11-15(12-10-13)16-8-6-5-7-14(16)4-2;1-9-5-7-10(8-6-9)11(2,3)4;1-2/h3,5-12H,1,4H2,2H3;5-8H,1-4H3;1-2H3. The molecule has 3 aromatic carbocycles. The van der Waals surface area contributed by atoms with Gasteiger partial charge < -0.3 is 0 Å². The predicted octanol–water partition coefficient (Wildman–Crippen LogP) is 8.88. The van der Waals surface area contributed by atoms with E-state index in [1.165, 1.54) is 27.8 Å². The van der Waals surface area contributed by atoms with Crippen LogP contribution in [0.2, 0.25) is 0 Å². The quantitative estimate of drug-likeness (QED) is 0.421. The molecule has 0 amide bonds. The minimum Gasteiger partial charge on any atom is -0.0985 e. The molecule has 3 aromatic rings. The van der Waals surface area contributed by atoms with Crippen molar-refractivity contribution in [1.29, 1.82) is 0 Å². The number of benzene rings is 3. The summed E-state index contributed by atoms with van der Waals surface area (Å²) in [6.45, 7) is 18.8. The second-order valence-electron chi connectivity index (χ2n) is 7.95. The Balaban J connectivity index is 0.000000284. The van der Waals surface area contributed by atoms with Crippen LogP contribution in [0.1, 0.15) is 63.8 Å². The van der Waals surface area contributed by atoms with Crippen LogP contribution in [0.5, 0.6) is 0 Å². The fourth-order valence-electron chi connectivity index (χ4n) is 2.96. The van der Waals surface area contributed by atoms with Gasteiger partial charge in [0.1, 0.15) is 0 Å². The normalized spacial score (nSPS) is 10.2. The van der Waals surface area contributed by atoms with E-state index in [2.05, 4.69) is 114 Å². The van der Waals surface area contributed by atoms with E-state index >= 15 is 0 Å². The minimum atomic E-state index is 0.285. The first-order valence-electron chi connectivity index (χ1n) is 10.7. The molecular weight excluding hydrogens is 348 g/mol. The average molecular weight is 387 g/mol. The van der Waals surface area contributed by atoms with Gasteiger partial charge in [0.05, 0.1) is 0 Å². The molecule has 0 N–H and O–H groups in total. The molecule has 0 aliphatic heterocycles. The Morgan fingerprint density at radius 1 is 0.793 bits per heavy atom. The molecule has 0 fully saturated rings. The first kappa shape index (κ1) is 24.4. The summed E-state index contributed by atoms with van der Waals surface area (Å²) in [5.74, 6) is 0. The highest BCUT2D eigenvalue weighted by molar-refractivity contribution is 5.68. The van der Waals surface area contributed by atoms with Crippen molar-refractivity contribution >= 4 is 6.08 Å². The van der Waals surface area contributed by atoms with Crippen LogP contribution < -0.4 is 0 Å². The van der Waals surface area contributed by atoms with E-state index in [1.807, 2.05) is 19.9 Å². The lowest BCUT2D eigenvalue weighted by Gasteiger charge is -2.18. The molecule has 0 heterocycles. The van der Waals surface area contributed by atoms with Crippen LogP contribution in [-0.4, -0.2) is 0 Å². The van der Waals surface area contributed by atoms with Gasteiger partial charge in [0.2, 0.25) is 0 Å². The lowest BCUT2D eigenvalue weighted by atomic mass is 9.87. The van der Waals surface area contributed by atoms with Crippen LogP contribution in [0.3, 0.4) is 0 Å². The van der Waals surface area contributed by atoms with E-state index in [-0.39, 0.29) is 5.41 Å². The molecule has 0 atom stereocenters. The van der Waals surface area contributed by atoms with Crippen molar-refractivity contribution in [3.05, 3.63) is 102 Å². The molecule has 0 aliphatic rings. The third-order valence-corrected chi connectivity index (χ3v) is 4.77. The highest BCUT2D eigenvalue weighted by atomic mass is 14.2. The van der Waals surface area contributed by atoms with E-state index in [1.54, 1.807) is 0 Å². The lowest BCUT2D eigenvalue weighted by molar-refractivity contribution is 0.590. The van der Waals surface area contributed by atoms with Crippen LogP contribution in [0, 0.1) is 6.92 Å². The summed E-state index contributed by atoms with van der Waals surface area (Å²) in [4.78, 5) is 0. The molecule has 3 rings (SSSR count). The molecule has 0 saturated heterocycles. The fraction of sp³-hybridized carbons (Fsp3) is 0.310. The van der Waals surface area contributed by atoms with Crippen LogP contribution in [0.15, 0.2) is 79.4 Å². The molecule has 0 spiro atoms. The third-order valence-electron chi connectivity index (χ3n) is 4.77. The van der Waals surface area contributed by atoms with Gasteiger partial charge in [-0.3, -0.25) is 0 Å². The maximum atomic E-state index is 3.77. The summed E-state index contributed by atoms with van der Waals surface area (Å²) in [6.07, 6.45) is 2.94. The molecular formula is C29H38. The minimum absolute atomic E-state index is 0.285. The van der Waals surface area contributed by atoms with E-state index in [0.29, 0.717) is 0 Å². The summed E-state index contributed by atoms with van der Waals surface area (Å²) >= 11 is 0. The Morgan fingerprint density at radius 3 is 1.83 bits per heavy atom. The van der Waals surface area contributed by atoms with Gasteiger partial charge in [0, 0.05) is 0 Å². The number of hydrogen-bond acceptors (Lipinski definition) is 0.